The van der Waals surface area contributed by atoms with Crippen molar-refractivity contribution in [1.29, 1.82) is 0 Å². The van der Waals surface area contributed by atoms with Gasteiger partial charge in [0.1, 0.15) is 5.75 Å². The summed E-state index contributed by atoms with van der Waals surface area (Å²) in [4.78, 5) is 23.5. The van der Waals surface area contributed by atoms with Crippen molar-refractivity contribution < 1.29 is 14.3 Å². The lowest BCUT2D eigenvalue weighted by molar-refractivity contribution is -0.120. The Kier molecular flexibility index (Phi) is 7.63. The summed E-state index contributed by atoms with van der Waals surface area (Å²) < 4.78 is 5.16. The number of anilines is 1. The average molecular weight is 311 g/mol. The van der Waals surface area contributed by atoms with Gasteiger partial charge in [-0.2, -0.15) is 0 Å². The number of rotatable bonds is 8. The molecule has 0 bridgehead atoms. The van der Waals surface area contributed by atoms with Crippen molar-refractivity contribution in [2.75, 3.05) is 31.3 Å². The molecule has 0 fully saturated rings. The lowest BCUT2D eigenvalue weighted by Crippen LogP contribution is -2.35. The topological polar surface area (TPSA) is 93.4 Å². The first-order chi connectivity index (χ1) is 10.1. The number of hydrogen-bond acceptors (Lipinski definition) is 5. The van der Waals surface area contributed by atoms with E-state index in [4.69, 9.17) is 10.5 Å². The normalized spacial score (nSPS) is 11.6. The molecule has 0 aromatic heterocycles. The largest absolute Gasteiger partial charge is 0.495 e. The van der Waals surface area contributed by atoms with Gasteiger partial charge in [0.25, 0.3) is 0 Å². The summed E-state index contributed by atoms with van der Waals surface area (Å²) in [7, 11) is 1.55. The van der Waals surface area contributed by atoms with Crippen molar-refractivity contribution in [2.24, 2.45) is 5.73 Å². The van der Waals surface area contributed by atoms with E-state index < -0.39 is 0 Å². The van der Waals surface area contributed by atoms with E-state index in [0.29, 0.717) is 24.5 Å². The third-order valence-corrected chi connectivity index (χ3v) is 3.80. The number of hydrogen-bond donors (Lipinski definition) is 3. The Balaban J connectivity index is 2.42. The molecule has 0 spiro atoms. The summed E-state index contributed by atoms with van der Waals surface area (Å²) >= 11 is 1.27. The van der Waals surface area contributed by atoms with Gasteiger partial charge in [-0.05, 0) is 19.1 Å². The van der Waals surface area contributed by atoms with E-state index in [9.17, 15) is 9.59 Å². The highest BCUT2D eigenvalue weighted by atomic mass is 32.2. The van der Waals surface area contributed by atoms with E-state index in [1.54, 1.807) is 26.2 Å². The van der Waals surface area contributed by atoms with Gasteiger partial charge in [-0.3, -0.25) is 9.59 Å². The molecular weight excluding hydrogens is 290 g/mol. The third kappa shape index (κ3) is 6.05. The number of ether oxygens (including phenoxy) is 1. The lowest BCUT2D eigenvalue weighted by Gasteiger charge is -2.12. The van der Waals surface area contributed by atoms with Crippen molar-refractivity contribution in [3.05, 3.63) is 24.3 Å². The first-order valence-electron chi connectivity index (χ1n) is 6.60. The van der Waals surface area contributed by atoms with Gasteiger partial charge >= 0.3 is 0 Å². The Morgan fingerprint density at radius 2 is 2.10 bits per heavy atom. The van der Waals surface area contributed by atoms with Gasteiger partial charge < -0.3 is 21.1 Å². The van der Waals surface area contributed by atoms with E-state index in [1.165, 1.54) is 11.8 Å². The van der Waals surface area contributed by atoms with Crippen LogP contribution in [0.25, 0.3) is 0 Å². The van der Waals surface area contributed by atoms with Crippen molar-refractivity contribution in [3.8, 4) is 5.75 Å². The van der Waals surface area contributed by atoms with Gasteiger partial charge in [-0.15, -0.1) is 11.8 Å². The van der Waals surface area contributed by atoms with Gasteiger partial charge in [-0.25, -0.2) is 0 Å². The van der Waals surface area contributed by atoms with Crippen molar-refractivity contribution in [1.82, 2.24) is 5.32 Å². The first-order valence-corrected chi connectivity index (χ1v) is 7.65. The molecule has 1 aromatic carbocycles. The fourth-order valence-electron chi connectivity index (χ4n) is 1.55. The minimum absolute atomic E-state index is 0.115. The highest BCUT2D eigenvalue weighted by Crippen LogP contribution is 2.23. The van der Waals surface area contributed by atoms with E-state index in [0.717, 1.165) is 0 Å². The van der Waals surface area contributed by atoms with Crippen LogP contribution < -0.4 is 21.1 Å². The second-order valence-corrected chi connectivity index (χ2v) is 5.61. The third-order valence-electron chi connectivity index (χ3n) is 2.66. The zero-order valence-electron chi connectivity index (χ0n) is 12.2. The molecule has 0 aliphatic carbocycles. The molecule has 0 saturated carbocycles. The van der Waals surface area contributed by atoms with E-state index in [1.807, 2.05) is 12.1 Å². The second-order valence-electron chi connectivity index (χ2n) is 4.28. The zero-order valence-corrected chi connectivity index (χ0v) is 13.0. The minimum Gasteiger partial charge on any atom is -0.495 e. The molecule has 1 rings (SSSR count). The molecule has 2 amide bonds. The molecule has 0 aliphatic rings. The number of carbonyl (C=O) groups is 2. The van der Waals surface area contributed by atoms with E-state index in [-0.39, 0.29) is 22.8 Å². The van der Waals surface area contributed by atoms with Crippen LogP contribution in [0.1, 0.15) is 6.92 Å². The quantitative estimate of drug-likeness (QED) is 0.661. The van der Waals surface area contributed by atoms with Gasteiger partial charge in [0.15, 0.2) is 0 Å². The molecule has 7 heteroatoms. The fourth-order valence-corrected chi connectivity index (χ4v) is 2.26. The van der Waals surface area contributed by atoms with Crippen molar-refractivity contribution in [3.63, 3.8) is 0 Å². The van der Waals surface area contributed by atoms with Crippen LogP contribution in [0.5, 0.6) is 5.75 Å². The predicted molar refractivity (Wildman–Crippen MR) is 85.6 cm³/mol. The molecule has 0 saturated heterocycles. The van der Waals surface area contributed by atoms with Crippen LogP contribution in [0.15, 0.2) is 24.3 Å². The van der Waals surface area contributed by atoms with E-state index >= 15 is 0 Å². The summed E-state index contributed by atoms with van der Waals surface area (Å²) in [6, 6.07) is 7.17. The number of thioether (sulfide) groups is 1. The van der Waals surface area contributed by atoms with Gasteiger partial charge in [0.2, 0.25) is 11.8 Å². The summed E-state index contributed by atoms with van der Waals surface area (Å²) in [5, 5.41) is 5.14. The number of carbonyl (C=O) groups excluding carboxylic acids is 2. The fraction of sp³-hybridized carbons (Fsp3) is 0.429. The monoisotopic (exact) mass is 311 g/mol. The van der Waals surface area contributed by atoms with Crippen LogP contribution in [-0.4, -0.2) is 43.0 Å². The first kappa shape index (κ1) is 17.3. The Bertz CT molecular complexity index is 482. The SMILES string of the molecule is COc1ccccc1NC(=O)CSC(C)C(=O)NCCN. The molecule has 4 N–H and O–H groups in total. The van der Waals surface area contributed by atoms with Gasteiger partial charge in [0.05, 0.1) is 23.8 Å². The lowest BCUT2D eigenvalue weighted by atomic mass is 10.3. The van der Waals surface area contributed by atoms with Crippen molar-refractivity contribution >= 4 is 29.3 Å². The Hall–Kier alpha value is -1.73. The van der Waals surface area contributed by atoms with Gasteiger partial charge in [0, 0.05) is 13.1 Å². The van der Waals surface area contributed by atoms with Crippen LogP contribution in [0.3, 0.4) is 0 Å². The molecule has 1 atom stereocenters. The maximum absolute atomic E-state index is 11.9. The number of benzene rings is 1. The molecule has 0 aliphatic heterocycles. The molecule has 6 nitrogen and oxygen atoms in total. The van der Waals surface area contributed by atoms with Crippen molar-refractivity contribution in [2.45, 2.75) is 12.2 Å². The number of nitrogens with one attached hydrogen (secondary N) is 2. The number of methoxy groups -OCH3 is 1. The Morgan fingerprint density at radius 3 is 2.76 bits per heavy atom. The molecule has 0 heterocycles. The maximum atomic E-state index is 11.9. The molecule has 0 radical (unpaired) electrons. The van der Waals surface area contributed by atoms with Gasteiger partial charge in [-0.1, -0.05) is 12.1 Å². The highest BCUT2D eigenvalue weighted by molar-refractivity contribution is 8.01. The molecule has 1 unspecified atom stereocenters. The average Bonchev–Trinajstić information content (AvgIpc) is 2.50. The van der Waals surface area contributed by atoms with Crippen LogP contribution in [0, 0.1) is 0 Å². The number of para-hydroxylation sites is 2. The maximum Gasteiger partial charge on any atom is 0.234 e. The Morgan fingerprint density at radius 1 is 1.38 bits per heavy atom. The number of amides is 2. The van der Waals surface area contributed by atoms with Crippen LogP contribution in [0.4, 0.5) is 5.69 Å². The van der Waals surface area contributed by atoms with Crippen LogP contribution in [-0.2, 0) is 9.59 Å². The molecule has 1 aromatic rings. The summed E-state index contributed by atoms with van der Waals surface area (Å²) in [6.45, 7) is 2.60. The molecular formula is C14H21N3O3S. The van der Waals surface area contributed by atoms with Crippen LogP contribution >= 0.6 is 11.8 Å². The summed E-state index contributed by atoms with van der Waals surface area (Å²) in [5.74, 6) is 0.498. The predicted octanol–water partition coefficient (Wildman–Crippen LogP) is 0.830. The highest BCUT2D eigenvalue weighted by Gasteiger charge is 2.15. The zero-order chi connectivity index (χ0) is 15.7. The summed E-state index contributed by atoms with van der Waals surface area (Å²) in [6.07, 6.45) is 0. The molecule has 116 valence electrons. The standard InChI is InChI=1S/C14H21N3O3S/c1-10(14(19)16-8-7-15)21-9-13(18)17-11-5-3-4-6-12(11)20-2/h3-6,10H,7-9,15H2,1-2H3,(H,16,19)(H,17,18). The second kappa shape index (κ2) is 9.25. The minimum atomic E-state index is -0.306. The summed E-state index contributed by atoms with van der Waals surface area (Å²) in [5.41, 5.74) is 5.93. The smallest absolute Gasteiger partial charge is 0.234 e. The molecule has 21 heavy (non-hydrogen) atoms. The van der Waals surface area contributed by atoms with E-state index in [2.05, 4.69) is 10.6 Å². The van der Waals surface area contributed by atoms with Crippen LogP contribution in [0.2, 0.25) is 0 Å². The number of nitrogens with two attached hydrogens (primary N) is 1. The Labute approximate surface area is 128 Å².